The molecule has 0 aliphatic rings. The Balaban J connectivity index is 3.98. The molecule has 0 aliphatic carbocycles. The van der Waals surface area contributed by atoms with Crippen LogP contribution in [0.25, 0.3) is 0 Å². The van der Waals surface area contributed by atoms with Crippen molar-refractivity contribution in [1.82, 2.24) is 10.2 Å². The van der Waals surface area contributed by atoms with Crippen LogP contribution in [0.3, 0.4) is 0 Å². The summed E-state index contributed by atoms with van der Waals surface area (Å²) in [5, 5.41) is 3.38. The summed E-state index contributed by atoms with van der Waals surface area (Å²) < 4.78 is 10.5. The molecule has 5 nitrogen and oxygen atoms in total. The first-order valence-electron chi connectivity index (χ1n) is 8.08. The quantitative estimate of drug-likeness (QED) is 0.596. The van der Waals surface area contributed by atoms with E-state index >= 15 is 0 Å². The van der Waals surface area contributed by atoms with E-state index in [2.05, 4.69) is 12.2 Å². The third-order valence-corrected chi connectivity index (χ3v) is 2.98. The van der Waals surface area contributed by atoms with E-state index in [1.165, 1.54) is 25.7 Å². The topological polar surface area (TPSA) is 50.8 Å². The van der Waals surface area contributed by atoms with Crippen molar-refractivity contribution in [2.45, 2.75) is 59.0 Å². The molecular weight excluding hydrogens is 268 g/mol. The van der Waals surface area contributed by atoms with E-state index in [4.69, 9.17) is 9.47 Å². The number of unbranched alkanes of at least 4 members (excludes halogenated alkanes) is 3. The van der Waals surface area contributed by atoms with Crippen LogP contribution in [0, 0.1) is 0 Å². The lowest BCUT2D eigenvalue weighted by atomic mass is 10.2. The maximum atomic E-state index is 12.1. The zero-order valence-corrected chi connectivity index (χ0v) is 14.5. The minimum Gasteiger partial charge on any atom is -0.444 e. The molecule has 0 fully saturated rings. The summed E-state index contributed by atoms with van der Waals surface area (Å²) in [5.41, 5.74) is -0.462. The lowest BCUT2D eigenvalue weighted by Gasteiger charge is -2.27. The number of nitrogens with one attached hydrogen (secondary N) is 1. The smallest absolute Gasteiger partial charge is 0.410 e. The van der Waals surface area contributed by atoms with Gasteiger partial charge in [-0.05, 0) is 33.7 Å². The monoisotopic (exact) mass is 302 g/mol. The molecule has 126 valence electrons. The van der Waals surface area contributed by atoms with Crippen LogP contribution in [0.2, 0.25) is 0 Å². The van der Waals surface area contributed by atoms with Gasteiger partial charge in [0.05, 0.1) is 6.61 Å². The highest BCUT2D eigenvalue weighted by Gasteiger charge is 2.21. The molecule has 0 spiro atoms. The highest BCUT2D eigenvalue weighted by atomic mass is 16.6. The van der Waals surface area contributed by atoms with Crippen LogP contribution in [0.15, 0.2) is 0 Å². The third-order valence-electron chi connectivity index (χ3n) is 2.98. The van der Waals surface area contributed by atoms with Crippen LogP contribution in [0.1, 0.15) is 53.4 Å². The Labute approximate surface area is 130 Å². The maximum absolute atomic E-state index is 12.1. The molecule has 0 aromatic rings. The van der Waals surface area contributed by atoms with Crippen molar-refractivity contribution >= 4 is 6.09 Å². The number of ether oxygens (including phenoxy) is 2. The Morgan fingerprint density at radius 3 is 2.38 bits per heavy atom. The lowest BCUT2D eigenvalue weighted by Crippen LogP contribution is -2.42. The van der Waals surface area contributed by atoms with E-state index in [1.807, 2.05) is 20.8 Å². The van der Waals surface area contributed by atoms with Crippen molar-refractivity contribution in [3.05, 3.63) is 0 Å². The highest BCUT2D eigenvalue weighted by molar-refractivity contribution is 5.68. The SMILES string of the molecule is CCCCCCNCCN(CCOC)C(=O)OC(C)(C)C. The second-order valence-electron chi connectivity index (χ2n) is 6.27. The van der Waals surface area contributed by atoms with Gasteiger partial charge in [-0.1, -0.05) is 26.2 Å². The lowest BCUT2D eigenvalue weighted by molar-refractivity contribution is 0.0204. The summed E-state index contributed by atoms with van der Waals surface area (Å²) in [5.74, 6) is 0. The van der Waals surface area contributed by atoms with Crippen LogP contribution in [-0.2, 0) is 9.47 Å². The third kappa shape index (κ3) is 12.6. The standard InChI is InChI=1S/C16H34N2O3/c1-6-7-8-9-10-17-11-12-18(13-14-20-5)15(19)21-16(2,3)4/h17H,6-14H2,1-5H3. The predicted octanol–water partition coefficient (Wildman–Crippen LogP) is 3.04. The normalized spacial score (nSPS) is 11.5. The molecule has 1 amide bonds. The average molecular weight is 302 g/mol. The van der Waals surface area contributed by atoms with Gasteiger partial charge in [0.25, 0.3) is 0 Å². The zero-order chi connectivity index (χ0) is 16.1. The fourth-order valence-corrected chi connectivity index (χ4v) is 1.84. The van der Waals surface area contributed by atoms with Crippen molar-refractivity contribution in [2.24, 2.45) is 0 Å². The van der Waals surface area contributed by atoms with E-state index in [1.54, 1.807) is 12.0 Å². The molecule has 0 saturated heterocycles. The van der Waals surface area contributed by atoms with E-state index in [-0.39, 0.29) is 6.09 Å². The van der Waals surface area contributed by atoms with Gasteiger partial charge in [0.1, 0.15) is 5.60 Å². The van der Waals surface area contributed by atoms with Crippen LogP contribution >= 0.6 is 0 Å². The number of amides is 1. The molecule has 0 heterocycles. The van der Waals surface area contributed by atoms with Crippen molar-refractivity contribution < 1.29 is 14.3 Å². The predicted molar refractivity (Wildman–Crippen MR) is 86.7 cm³/mol. The molecule has 0 rings (SSSR count). The molecule has 0 bridgehead atoms. The van der Waals surface area contributed by atoms with Crippen LogP contribution in [0.5, 0.6) is 0 Å². The molecule has 0 saturated carbocycles. The maximum Gasteiger partial charge on any atom is 0.410 e. The molecule has 0 aromatic heterocycles. The first-order chi connectivity index (χ1) is 9.90. The number of hydrogen-bond donors (Lipinski definition) is 1. The summed E-state index contributed by atoms with van der Waals surface area (Å²) in [6, 6.07) is 0. The molecule has 1 N–H and O–H groups in total. The number of carbonyl (C=O) groups is 1. The van der Waals surface area contributed by atoms with Gasteiger partial charge < -0.3 is 19.7 Å². The van der Waals surface area contributed by atoms with Crippen LogP contribution < -0.4 is 5.32 Å². The van der Waals surface area contributed by atoms with E-state index in [0.717, 1.165) is 13.1 Å². The molecule has 0 aromatic carbocycles. The number of methoxy groups -OCH3 is 1. The van der Waals surface area contributed by atoms with Crippen molar-refractivity contribution in [3.8, 4) is 0 Å². The fraction of sp³-hybridized carbons (Fsp3) is 0.938. The summed E-state index contributed by atoms with van der Waals surface area (Å²) in [7, 11) is 1.64. The number of rotatable bonds is 11. The Morgan fingerprint density at radius 1 is 1.10 bits per heavy atom. The second-order valence-corrected chi connectivity index (χ2v) is 6.27. The van der Waals surface area contributed by atoms with Gasteiger partial charge in [-0.3, -0.25) is 0 Å². The molecule has 5 heteroatoms. The van der Waals surface area contributed by atoms with Crippen molar-refractivity contribution in [1.29, 1.82) is 0 Å². The number of carbonyl (C=O) groups excluding carboxylic acids is 1. The van der Waals surface area contributed by atoms with Crippen LogP contribution in [-0.4, -0.2) is 56.5 Å². The number of hydrogen-bond acceptors (Lipinski definition) is 4. The summed E-state index contributed by atoms with van der Waals surface area (Å²) in [6.07, 6.45) is 4.73. The molecule has 21 heavy (non-hydrogen) atoms. The Kier molecular flexibility index (Phi) is 11.4. The highest BCUT2D eigenvalue weighted by Crippen LogP contribution is 2.09. The Morgan fingerprint density at radius 2 is 1.81 bits per heavy atom. The summed E-state index contributed by atoms with van der Waals surface area (Å²) >= 11 is 0. The van der Waals surface area contributed by atoms with E-state index < -0.39 is 5.60 Å². The average Bonchev–Trinajstić information content (AvgIpc) is 2.39. The Hall–Kier alpha value is -0.810. The summed E-state index contributed by atoms with van der Waals surface area (Å²) in [4.78, 5) is 13.8. The minimum absolute atomic E-state index is 0.271. The van der Waals surface area contributed by atoms with E-state index in [9.17, 15) is 4.79 Å². The van der Waals surface area contributed by atoms with Crippen molar-refractivity contribution in [3.63, 3.8) is 0 Å². The first kappa shape index (κ1) is 20.2. The van der Waals surface area contributed by atoms with E-state index in [0.29, 0.717) is 19.7 Å². The second kappa shape index (κ2) is 11.8. The largest absolute Gasteiger partial charge is 0.444 e. The molecule has 0 radical (unpaired) electrons. The van der Waals surface area contributed by atoms with Gasteiger partial charge in [-0.15, -0.1) is 0 Å². The van der Waals surface area contributed by atoms with Gasteiger partial charge in [-0.2, -0.15) is 0 Å². The van der Waals surface area contributed by atoms with Gasteiger partial charge in [-0.25, -0.2) is 4.79 Å². The van der Waals surface area contributed by atoms with Gasteiger partial charge >= 0.3 is 6.09 Å². The Bertz CT molecular complexity index is 265. The molecule has 0 atom stereocenters. The van der Waals surface area contributed by atoms with Gasteiger partial charge in [0.2, 0.25) is 0 Å². The minimum atomic E-state index is -0.462. The van der Waals surface area contributed by atoms with Crippen molar-refractivity contribution in [2.75, 3.05) is 39.9 Å². The molecular formula is C16H34N2O3. The molecule has 0 unspecified atom stereocenters. The first-order valence-corrected chi connectivity index (χ1v) is 8.08. The zero-order valence-electron chi connectivity index (χ0n) is 14.5. The molecule has 0 aliphatic heterocycles. The fourth-order valence-electron chi connectivity index (χ4n) is 1.84. The summed E-state index contributed by atoms with van der Waals surface area (Å²) in [6.45, 7) is 11.4. The van der Waals surface area contributed by atoms with Crippen LogP contribution in [0.4, 0.5) is 4.79 Å². The van der Waals surface area contributed by atoms with Gasteiger partial charge in [0, 0.05) is 26.7 Å². The number of nitrogens with zero attached hydrogens (tertiary/aromatic N) is 1. The van der Waals surface area contributed by atoms with Gasteiger partial charge in [0.15, 0.2) is 0 Å².